The Hall–Kier alpha value is -1.04. The van der Waals surface area contributed by atoms with Crippen molar-refractivity contribution >= 4 is 0 Å². The van der Waals surface area contributed by atoms with E-state index in [2.05, 4.69) is 37.8 Å². The van der Waals surface area contributed by atoms with Crippen LogP contribution in [-0.2, 0) is 0 Å². The van der Waals surface area contributed by atoms with Crippen LogP contribution in [0.4, 0.5) is 0 Å². The Kier molecular flexibility index (Phi) is 9.30. The standard InChI is InChI=1S/C14H22/c1-4-7-9-12-14(11-6-3)13-10-8-5-2/h4,6-7,9,11-12H,3,5,8,10,13H2,1-2H3. The average molecular weight is 190 g/mol. The normalized spacial score (nSPS) is 12.9. The summed E-state index contributed by atoms with van der Waals surface area (Å²) in [5.74, 6) is 0. The van der Waals surface area contributed by atoms with Crippen LogP contribution in [0.2, 0.25) is 0 Å². The zero-order valence-corrected chi connectivity index (χ0v) is 9.50. The summed E-state index contributed by atoms with van der Waals surface area (Å²) >= 11 is 0. The van der Waals surface area contributed by atoms with E-state index in [9.17, 15) is 0 Å². The maximum atomic E-state index is 3.73. The second-order valence-electron chi connectivity index (χ2n) is 3.32. The van der Waals surface area contributed by atoms with Crippen molar-refractivity contribution in [3.63, 3.8) is 0 Å². The monoisotopic (exact) mass is 190 g/mol. The van der Waals surface area contributed by atoms with Crippen LogP contribution < -0.4 is 0 Å². The Morgan fingerprint density at radius 3 is 2.57 bits per heavy atom. The molecule has 0 spiro atoms. The van der Waals surface area contributed by atoms with Crippen molar-refractivity contribution in [3.8, 4) is 0 Å². The molecule has 0 atom stereocenters. The van der Waals surface area contributed by atoms with E-state index < -0.39 is 0 Å². The summed E-state index contributed by atoms with van der Waals surface area (Å²) in [7, 11) is 0. The van der Waals surface area contributed by atoms with Gasteiger partial charge in [0.15, 0.2) is 0 Å². The van der Waals surface area contributed by atoms with E-state index >= 15 is 0 Å². The van der Waals surface area contributed by atoms with Gasteiger partial charge >= 0.3 is 0 Å². The zero-order chi connectivity index (χ0) is 10.6. The number of allylic oxidation sites excluding steroid dienone is 7. The fourth-order valence-corrected chi connectivity index (χ4v) is 1.24. The summed E-state index contributed by atoms with van der Waals surface area (Å²) < 4.78 is 0. The highest BCUT2D eigenvalue weighted by Crippen LogP contribution is 2.10. The summed E-state index contributed by atoms with van der Waals surface area (Å²) in [4.78, 5) is 0. The van der Waals surface area contributed by atoms with E-state index in [1.54, 1.807) is 0 Å². The SMILES string of the molecule is C=CC=C(C=CC=CC)CCCCC. The van der Waals surface area contributed by atoms with Crippen LogP contribution >= 0.6 is 0 Å². The summed E-state index contributed by atoms with van der Waals surface area (Å²) in [6, 6.07) is 0. The molecule has 0 aliphatic rings. The first-order valence-electron chi connectivity index (χ1n) is 5.46. The van der Waals surface area contributed by atoms with Crippen LogP contribution in [-0.4, -0.2) is 0 Å². The minimum absolute atomic E-state index is 1.16. The Bertz CT molecular complexity index is 216. The smallest absolute Gasteiger partial charge is 0.0279 e. The Morgan fingerprint density at radius 2 is 2.00 bits per heavy atom. The molecule has 78 valence electrons. The molecule has 0 nitrogen and oxygen atoms in total. The lowest BCUT2D eigenvalue weighted by Crippen LogP contribution is -1.79. The van der Waals surface area contributed by atoms with Crippen LogP contribution in [0.5, 0.6) is 0 Å². The van der Waals surface area contributed by atoms with Crippen LogP contribution in [0, 0.1) is 0 Å². The van der Waals surface area contributed by atoms with Crippen molar-refractivity contribution in [1.82, 2.24) is 0 Å². The molecule has 0 aliphatic heterocycles. The molecule has 0 radical (unpaired) electrons. The van der Waals surface area contributed by atoms with Gasteiger partial charge in [0.2, 0.25) is 0 Å². The molecular weight excluding hydrogens is 168 g/mol. The van der Waals surface area contributed by atoms with Gasteiger partial charge in [-0.1, -0.05) is 62.8 Å². The predicted molar refractivity (Wildman–Crippen MR) is 66.4 cm³/mol. The third kappa shape index (κ3) is 7.60. The van der Waals surface area contributed by atoms with Crippen molar-refractivity contribution in [2.45, 2.75) is 39.5 Å². The van der Waals surface area contributed by atoms with Gasteiger partial charge in [-0.3, -0.25) is 0 Å². The van der Waals surface area contributed by atoms with Gasteiger partial charge in [-0.05, 0) is 25.3 Å². The Morgan fingerprint density at radius 1 is 1.21 bits per heavy atom. The second-order valence-corrected chi connectivity index (χ2v) is 3.32. The van der Waals surface area contributed by atoms with Crippen LogP contribution in [0.3, 0.4) is 0 Å². The first-order valence-corrected chi connectivity index (χ1v) is 5.46. The quantitative estimate of drug-likeness (QED) is 0.399. The molecule has 14 heavy (non-hydrogen) atoms. The molecule has 0 saturated carbocycles. The maximum Gasteiger partial charge on any atom is -0.0279 e. The van der Waals surface area contributed by atoms with E-state index in [1.807, 2.05) is 19.1 Å². The van der Waals surface area contributed by atoms with Crippen molar-refractivity contribution in [1.29, 1.82) is 0 Å². The molecule has 0 N–H and O–H groups in total. The third-order valence-corrected chi connectivity index (χ3v) is 2.01. The van der Waals surface area contributed by atoms with Gasteiger partial charge in [0, 0.05) is 0 Å². The molecule has 0 unspecified atom stereocenters. The van der Waals surface area contributed by atoms with Gasteiger partial charge in [-0.2, -0.15) is 0 Å². The van der Waals surface area contributed by atoms with Crippen molar-refractivity contribution < 1.29 is 0 Å². The molecule has 0 aromatic heterocycles. The van der Waals surface area contributed by atoms with E-state index in [1.165, 1.54) is 24.8 Å². The Balaban J connectivity index is 4.02. The van der Waals surface area contributed by atoms with E-state index in [0.29, 0.717) is 0 Å². The number of unbranched alkanes of at least 4 members (excludes halogenated alkanes) is 2. The number of hydrogen-bond acceptors (Lipinski definition) is 0. The molecule has 0 amide bonds. The lowest BCUT2D eigenvalue weighted by atomic mass is 10.1. The highest BCUT2D eigenvalue weighted by molar-refractivity contribution is 5.25. The summed E-state index contributed by atoms with van der Waals surface area (Å²) in [5.41, 5.74) is 1.37. The second kappa shape index (κ2) is 10.0. The maximum absolute atomic E-state index is 3.73. The van der Waals surface area contributed by atoms with Crippen molar-refractivity contribution in [2.24, 2.45) is 0 Å². The molecule has 0 rings (SSSR count). The minimum Gasteiger partial charge on any atom is -0.0991 e. The predicted octanol–water partition coefficient (Wildman–Crippen LogP) is 4.81. The summed E-state index contributed by atoms with van der Waals surface area (Å²) in [6.45, 7) is 7.98. The highest BCUT2D eigenvalue weighted by Gasteiger charge is 1.90. The minimum atomic E-state index is 1.16. The molecule has 0 saturated heterocycles. The molecule has 0 fully saturated rings. The first kappa shape index (κ1) is 13.0. The molecule has 0 heteroatoms. The van der Waals surface area contributed by atoms with Crippen LogP contribution in [0.25, 0.3) is 0 Å². The van der Waals surface area contributed by atoms with Gasteiger partial charge in [0.25, 0.3) is 0 Å². The topological polar surface area (TPSA) is 0 Å². The largest absolute Gasteiger partial charge is 0.0991 e. The molecular formula is C14H22. The van der Waals surface area contributed by atoms with E-state index in [0.717, 1.165) is 6.42 Å². The van der Waals surface area contributed by atoms with Crippen molar-refractivity contribution in [2.75, 3.05) is 0 Å². The fraction of sp³-hybridized carbons (Fsp3) is 0.429. The number of rotatable bonds is 7. The lowest BCUT2D eigenvalue weighted by molar-refractivity contribution is 0.719. The van der Waals surface area contributed by atoms with Crippen molar-refractivity contribution in [3.05, 3.63) is 48.6 Å². The van der Waals surface area contributed by atoms with E-state index in [4.69, 9.17) is 0 Å². The van der Waals surface area contributed by atoms with Crippen LogP contribution in [0.15, 0.2) is 48.6 Å². The summed E-state index contributed by atoms with van der Waals surface area (Å²) in [5, 5.41) is 0. The van der Waals surface area contributed by atoms with Gasteiger partial charge in [-0.15, -0.1) is 0 Å². The van der Waals surface area contributed by atoms with Gasteiger partial charge < -0.3 is 0 Å². The van der Waals surface area contributed by atoms with E-state index in [-0.39, 0.29) is 0 Å². The highest BCUT2D eigenvalue weighted by atomic mass is 14.0. The molecule has 0 heterocycles. The first-order chi connectivity index (χ1) is 6.85. The molecule has 0 bridgehead atoms. The number of hydrogen-bond donors (Lipinski definition) is 0. The van der Waals surface area contributed by atoms with Gasteiger partial charge in [0.1, 0.15) is 0 Å². The fourth-order valence-electron chi connectivity index (χ4n) is 1.24. The van der Waals surface area contributed by atoms with Crippen LogP contribution in [0.1, 0.15) is 39.5 Å². The summed E-state index contributed by atoms with van der Waals surface area (Å²) in [6.07, 6.45) is 17.3. The van der Waals surface area contributed by atoms with Gasteiger partial charge in [-0.25, -0.2) is 0 Å². The Labute approximate surface area is 88.7 Å². The molecule has 0 aromatic rings. The molecule has 0 aliphatic carbocycles. The third-order valence-electron chi connectivity index (χ3n) is 2.01. The lowest BCUT2D eigenvalue weighted by Gasteiger charge is -1.99. The zero-order valence-electron chi connectivity index (χ0n) is 9.50. The average Bonchev–Trinajstić information content (AvgIpc) is 2.18. The molecule has 0 aromatic carbocycles. The van der Waals surface area contributed by atoms with Gasteiger partial charge in [0.05, 0.1) is 0 Å².